The molecule has 0 atom stereocenters. The summed E-state index contributed by atoms with van der Waals surface area (Å²) in [6.07, 6.45) is 0. The number of methoxy groups -OCH3 is 1. The van der Waals surface area contributed by atoms with Crippen LogP contribution >= 0.6 is 0 Å². The highest BCUT2D eigenvalue weighted by Gasteiger charge is 2.47. The first kappa shape index (κ1) is 27.9. The summed E-state index contributed by atoms with van der Waals surface area (Å²) in [5.41, 5.74) is 12.8. The van der Waals surface area contributed by atoms with E-state index >= 15 is 0 Å². The first-order valence-corrected chi connectivity index (χ1v) is 15.9. The zero-order chi connectivity index (χ0) is 31.3. The molecule has 1 aliphatic carbocycles. The van der Waals surface area contributed by atoms with Gasteiger partial charge >= 0.3 is 0 Å². The third-order valence-corrected chi connectivity index (χ3v) is 9.56. The number of hydrogen-bond acceptors (Lipinski definition) is 2. The molecule has 46 heavy (non-hydrogen) atoms. The summed E-state index contributed by atoms with van der Waals surface area (Å²) in [7, 11) is 1.78. The molecule has 0 N–H and O–H groups in total. The molecule has 0 heterocycles. The Labute approximate surface area is 271 Å². The summed E-state index contributed by atoms with van der Waals surface area (Å²) in [5.74, 6) is 0.890. The Morgan fingerprint density at radius 2 is 1.00 bits per heavy atom. The fourth-order valence-electron chi connectivity index (χ4n) is 7.44. The molecule has 0 aromatic heterocycles. The Hall–Kier alpha value is -5.60. The Kier molecular flexibility index (Phi) is 6.73. The molecule has 0 saturated heterocycles. The quantitative estimate of drug-likeness (QED) is 0.190. The van der Waals surface area contributed by atoms with Gasteiger partial charge in [-0.1, -0.05) is 126 Å². The third kappa shape index (κ3) is 4.25. The average molecular weight is 594 g/mol. The van der Waals surface area contributed by atoms with Crippen molar-refractivity contribution in [3.05, 3.63) is 191 Å². The minimum atomic E-state index is -0.571. The number of aryl methyl sites for hydroxylation is 2. The summed E-state index contributed by atoms with van der Waals surface area (Å²) in [5, 5.41) is 2.33. The van der Waals surface area contributed by atoms with E-state index in [0.717, 1.165) is 28.2 Å². The number of hydrogen-bond donors (Lipinski definition) is 0. The maximum absolute atomic E-state index is 6.12. The summed E-state index contributed by atoms with van der Waals surface area (Å²) in [4.78, 5) is 2.36. The van der Waals surface area contributed by atoms with Gasteiger partial charge in [0.2, 0.25) is 0 Å². The van der Waals surface area contributed by atoms with Crippen LogP contribution in [0.2, 0.25) is 0 Å². The zero-order valence-corrected chi connectivity index (χ0v) is 26.4. The normalized spacial score (nSPS) is 12.8. The zero-order valence-electron chi connectivity index (χ0n) is 26.4. The van der Waals surface area contributed by atoms with E-state index < -0.39 is 5.41 Å². The molecule has 222 valence electrons. The van der Waals surface area contributed by atoms with Gasteiger partial charge in [-0.3, -0.25) is 0 Å². The molecule has 8 rings (SSSR count). The maximum Gasteiger partial charge on any atom is 0.127 e. The molecule has 0 aliphatic heterocycles. The van der Waals surface area contributed by atoms with Gasteiger partial charge in [0, 0.05) is 22.4 Å². The molecule has 0 radical (unpaired) electrons. The molecule has 7 aromatic rings. The minimum absolute atomic E-state index is 0.571. The third-order valence-electron chi connectivity index (χ3n) is 9.56. The number of fused-ring (bicyclic) bond motifs is 5. The second-order valence-corrected chi connectivity index (χ2v) is 12.3. The molecule has 0 unspecified atom stereocenters. The van der Waals surface area contributed by atoms with E-state index in [1.54, 1.807) is 7.11 Å². The molecular weight excluding hydrogens is 558 g/mol. The molecule has 1 aliphatic rings. The van der Waals surface area contributed by atoms with Crippen molar-refractivity contribution in [2.45, 2.75) is 19.3 Å². The van der Waals surface area contributed by atoms with E-state index in [9.17, 15) is 0 Å². The Morgan fingerprint density at radius 1 is 0.478 bits per heavy atom. The smallest absolute Gasteiger partial charge is 0.127 e. The lowest BCUT2D eigenvalue weighted by Gasteiger charge is -2.35. The number of para-hydroxylation sites is 2. The summed E-state index contributed by atoms with van der Waals surface area (Å²) < 4.78 is 6.12. The first-order valence-electron chi connectivity index (χ1n) is 15.9. The minimum Gasteiger partial charge on any atom is -0.496 e. The van der Waals surface area contributed by atoms with Crippen LogP contribution in [0.1, 0.15) is 33.4 Å². The highest BCUT2D eigenvalue weighted by Crippen LogP contribution is 2.60. The van der Waals surface area contributed by atoms with Crippen LogP contribution in [0.5, 0.6) is 5.75 Å². The fourth-order valence-corrected chi connectivity index (χ4v) is 7.44. The van der Waals surface area contributed by atoms with Gasteiger partial charge < -0.3 is 9.64 Å². The van der Waals surface area contributed by atoms with Crippen LogP contribution in [-0.4, -0.2) is 7.11 Å². The van der Waals surface area contributed by atoms with Crippen LogP contribution in [0, 0.1) is 13.8 Å². The Balaban J connectivity index is 1.52. The van der Waals surface area contributed by atoms with Gasteiger partial charge in [-0.2, -0.15) is 0 Å². The van der Waals surface area contributed by atoms with Crippen molar-refractivity contribution < 1.29 is 4.74 Å². The summed E-state index contributed by atoms with van der Waals surface area (Å²) >= 11 is 0. The number of nitrogens with zero attached hydrogens (tertiary/aromatic N) is 1. The lowest BCUT2D eigenvalue weighted by Crippen LogP contribution is -2.29. The molecule has 0 amide bonds. The van der Waals surface area contributed by atoms with E-state index in [1.807, 2.05) is 0 Å². The molecule has 0 saturated carbocycles. The van der Waals surface area contributed by atoms with E-state index in [0.29, 0.717) is 0 Å². The van der Waals surface area contributed by atoms with Gasteiger partial charge in [-0.15, -0.1) is 0 Å². The lowest BCUT2D eigenvalue weighted by molar-refractivity contribution is 0.419. The van der Waals surface area contributed by atoms with E-state index in [2.05, 4.69) is 176 Å². The first-order chi connectivity index (χ1) is 22.6. The number of anilines is 3. The molecule has 2 nitrogen and oxygen atoms in total. The van der Waals surface area contributed by atoms with Crippen molar-refractivity contribution in [2.75, 3.05) is 12.0 Å². The highest BCUT2D eigenvalue weighted by molar-refractivity contribution is 6.07. The second-order valence-electron chi connectivity index (χ2n) is 12.3. The van der Waals surface area contributed by atoms with Crippen LogP contribution in [0.15, 0.2) is 158 Å². The van der Waals surface area contributed by atoms with Gasteiger partial charge in [0.1, 0.15) is 5.75 Å². The predicted octanol–water partition coefficient (Wildman–Crippen LogP) is 11.3. The molecule has 2 heteroatoms. The Morgan fingerprint density at radius 3 is 1.54 bits per heavy atom. The SMILES string of the molecule is COc1cc2c(c3ccccc13)-c1ccc(N(c3ccccc3)c3ccccc3)cc1C2(c1ccc(C)cc1)c1ccc(C)cc1. The van der Waals surface area contributed by atoms with Crippen LogP contribution < -0.4 is 9.64 Å². The molecule has 0 spiro atoms. The van der Waals surface area contributed by atoms with E-state index in [4.69, 9.17) is 4.74 Å². The van der Waals surface area contributed by atoms with Gasteiger partial charge in [0.25, 0.3) is 0 Å². The van der Waals surface area contributed by atoms with Crippen molar-refractivity contribution in [1.29, 1.82) is 0 Å². The average Bonchev–Trinajstić information content (AvgIpc) is 3.40. The summed E-state index contributed by atoms with van der Waals surface area (Å²) in [6.45, 7) is 4.32. The molecular formula is C44H35NO. The van der Waals surface area contributed by atoms with E-state index in [-0.39, 0.29) is 0 Å². The predicted molar refractivity (Wildman–Crippen MR) is 192 cm³/mol. The van der Waals surface area contributed by atoms with Crippen molar-refractivity contribution in [1.82, 2.24) is 0 Å². The van der Waals surface area contributed by atoms with Crippen molar-refractivity contribution in [3.8, 4) is 16.9 Å². The van der Waals surface area contributed by atoms with Gasteiger partial charge in [0.15, 0.2) is 0 Å². The monoisotopic (exact) mass is 593 g/mol. The van der Waals surface area contributed by atoms with Crippen LogP contribution in [0.25, 0.3) is 21.9 Å². The fraction of sp³-hybridized carbons (Fsp3) is 0.0909. The molecule has 0 bridgehead atoms. The number of benzene rings is 7. The topological polar surface area (TPSA) is 12.5 Å². The maximum atomic E-state index is 6.12. The van der Waals surface area contributed by atoms with E-state index in [1.165, 1.54) is 49.9 Å². The Bertz CT molecular complexity index is 2100. The van der Waals surface area contributed by atoms with Gasteiger partial charge in [-0.05, 0) is 95.1 Å². The van der Waals surface area contributed by atoms with Crippen LogP contribution in [-0.2, 0) is 5.41 Å². The van der Waals surface area contributed by atoms with Crippen molar-refractivity contribution >= 4 is 27.8 Å². The van der Waals surface area contributed by atoms with Crippen LogP contribution in [0.4, 0.5) is 17.1 Å². The van der Waals surface area contributed by atoms with Gasteiger partial charge in [-0.25, -0.2) is 0 Å². The van der Waals surface area contributed by atoms with Crippen LogP contribution in [0.3, 0.4) is 0 Å². The summed E-state index contributed by atoms with van der Waals surface area (Å²) in [6, 6.07) is 57.5. The molecule has 7 aromatic carbocycles. The standard InChI is InChI=1S/C44H35NO/c1-30-18-22-32(23-19-30)44(33-24-20-31(2)21-25-33)40-28-36(45(34-12-6-4-7-13-34)35-14-8-5-9-15-35)26-27-39(40)43-38-17-11-10-16-37(38)42(46-3)29-41(43)44/h4-29H,1-3H3. The number of rotatable bonds is 6. The number of ether oxygens (including phenoxy) is 1. The lowest BCUT2D eigenvalue weighted by atomic mass is 9.67. The van der Waals surface area contributed by atoms with Crippen molar-refractivity contribution in [2.24, 2.45) is 0 Å². The van der Waals surface area contributed by atoms with Gasteiger partial charge in [0.05, 0.1) is 12.5 Å². The highest BCUT2D eigenvalue weighted by atomic mass is 16.5. The largest absolute Gasteiger partial charge is 0.496 e. The van der Waals surface area contributed by atoms with Crippen molar-refractivity contribution in [3.63, 3.8) is 0 Å². The second kappa shape index (κ2) is 11.1. The molecule has 0 fully saturated rings.